The molecule has 0 unspecified atom stereocenters. The summed E-state index contributed by atoms with van der Waals surface area (Å²) in [6.07, 6.45) is 2.27. The SMILES string of the molecule is CCCOc1ccccc1CNCCC(C)C. The van der Waals surface area contributed by atoms with Crippen LogP contribution in [0.1, 0.15) is 39.2 Å². The maximum atomic E-state index is 5.72. The van der Waals surface area contributed by atoms with Crippen LogP contribution in [0, 0.1) is 5.92 Å². The van der Waals surface area contributed by atoms with Crippen molar-refractivity contribution in [2.24, 2.45) is 5.92 Å². The molecule has 0 saturated heterocycles. The molecule has 0 radical (unpaired) electrons. The summed E-state index contributed by atoms with van der Waals surface area (Å²) in [5, 5.41) is 3.47. The van der Waals surface area contributed by atoms with Crippen LogP contribution in [0.4, 0.5) is 0 Å². The zero-order valence-electron chi connectivity index (χ0n) is 11.3. The van der Waals surface area contributed by atoms with Crippen LogP contribution >= 0.6 is 0 Å². The van der Waals surface area contributed by atoms with E-state index in [2.05, 4.69) is 44.3 Å². The minimum absolute atomic E-state index is 0.758. The Balaban J connectivity index is 2.40. The number of ether oxygens (including phenoxy) is 1. The Labute approximate surface area is 105 Å². The van der Waals surface area contributed by atoms with Crippen LogP contribution in [0.25, 0.3) is 0 Å². The first-order valence-corrected chi connectivity index (χ1v) is 6.65. The molecule has 0 aliphatic rings. The van der Waals surface area contributed by atoms with Crippen molar-refractivity contribution in [3.8, 4) is 5.75 Å². The molecule has 1 aromatic carbocycles. The molecule has 0 aromatic heterocycles. The zero-order valence-corrected chi connectivity index (χ0v) is 11.3. The molecule has 17 heavy (non-hydrogen) atoms. The van der Waals surface area contributed by atoms with E-state index in [1.54, 1.807) is 0 Å². The summed E-state index contributed by atoms with van der Waals surface area (Å²) in [5.41, 5.74) is 1.25. The summed E-state index contributed by atoms with van der Waals surface area (Å²) in [5.74, 6) is 1.78. The summed E-state index contributed by atoms with van der Waals surface area (Å²) in [6.45, 7) is 9.39. The van der Waals surface area contributed by atoms with Gasteiger partial charge in [-0.25, -0.2) is 0 Å². The highest BCUT2D eigenvalue weighted by molar-refractivity contribution is 5.33. The molecular formula is C15H25NO. The van der Waals surface area contributed by atoms with Gasteiger partial charge < -0.3 is 10.1 Å². The van der Waals surface area contributed by atoms with E-state index in [9.17, 15) is 0 Å². The van der Waals surface area contributed by atoms with Crippen molar-refractivity contribution < 1.29 is 4.74 Å². The number of para-hydroxylation sites is 1. The molecule has 96 valence electrons. The predicted octanol–water partition coefficient (Wildman–Crippen LogP) is 3.61. The Morgan fingerprint density at radius 3 is 2.71 bits per heavy atom. The highest BCUT2D eigenvalue weighted by Crippen LogP contribution is 2.17. The molecule has 0 aliphatic heterocycles. The van der Waals surface area contributed by atoms with Gasteiger partial charge in [0.25, 0.3) is 0 Å². The summed E-state index contributed by atoms with van der Waals surface area (Å²) in [6, 6.07) is 8.28. The third kappa shape index (κ3) is 5.73. The molecule has 0 atom stereocenters. The van der Waals surface area contributed by atoms with Crippen molar-refractivity contribution >= 4 is 0 Å². The van der Waals surface area contributed by atoms with Crippen molar-refractivity contribution in [2.45, 2.75) is 40.2 Å². The normalized spacial score (nSPS) is 10.8. The number of hydrogen-bond acceptors (Lipinski definition) is 2. The Morgan fingerprint density at radius 2 is 2.00 bits per heavy atom. The standard InChI is InChI=1S/C15H25NO/c1-4-11-17-15-8-6-5-7-14(15)12-16-10-9-13(2)3/h5-8,13,16H,4,9-12H2,1-3H3. The highest BCUT2D eigenvalue weighted by Gasteiger charge is 2.02. The van der Waals surface area contributed by atoms with Gasteiger partial charge in [0, 0.05) is 12.1 Å². The maximum Gasteiger partial charge on any atom is 0.123 e. The average Bonchev–Trinajstić information content (AvgIpc) is 2.33. The number of rotatable bonds is 8. The van der Waals surface area contributed by atoms with E-state index in [1.807, 2.05) is 6.07 Å². The van der Waals surface area contributed by atoms with E-state index in [-0.39, 0.29) is 0 Å². The van der Waals surface area contributed by atoms with Crippen LogP contribution in [0.3, 0.4) is 0 Å². The van der Waals surface area contributed by atoms with Crippen molar-refractivity contribution in [1.29, 1.82) is 0 Å². The summed E-state index contributed by atoms with van der Waals surface area (Å²) in [7, 11) is 0. The fraction of sp³-hybridized carbons (Fsp3) is 0.600. The lowest BCUT2D eigenvalue weighted by molar-refractivity contribution is 0.313. The molecule has 1 aromatic rings. The van der Waals surface area contributed by atoms with Gasteiger partial charge in [-0.3, -0.25) is 0 Å². The van der Waals surface area contributed by atoms with Crippen molar-refractivity contribution in [2.75, 3.05) is 13.2 Å². The molecule has 2 heteroatoms. The van der Waals surface area contributed by atoms with Crippen LogP contribution in [-0.2, 0) is 6.54 Å². The van der Waals surface area contributed by atoms with Gasteiger partial charge in [0.2, 0.25) is 0 Å². The van der Waals surface area contributed by atoms with Gasteiger partial charge in [-0.1, -0.05) is 39.0 Å². The van der Waals surface area contributed by atoms with Gasteiger partial charge in [-0.2, -0.15) is 0 Å². The second-order valence-corrected chi connectivity index (χ2v) is 4.82. The summed E-state index contributed by atoms with van der Waals surface area (Å²) >= 11 is 0. The lowest BCUT2D eigenvalue weighted by atomic mass is 10.1. The van der Waals surface area contributed by atoms with Crippen LogP contribution in [0.2, 0.25) is 0 Å². The summed E-state index contributed by atoms with van der Waals surface area (Å²) < 4.78 is 5.72. The fourth-order valence-electron chi connectivity index (χ4n) is 1.62. The summed E-state index contributed by atoms with van der Waals surface area (Å²) in [4.78, 5) is 0. The molecular weight excluding hydrogens is 210 g/mol. The maximum absolute atomic E-state index is 5.72. The number of benzene rings is 1. The van der Waals surface area contributed by atoms with Gasteiger partial charge >= 0.3 is 0 Å². The van der Waals surface area contributed by atoms with E-state index < -0.39 is 0 Å². The van der Waals surface area contributed by atoms with Crippen molar-refractivity contribution in [1.82, 2.24) is 5.32 Å². The van der Waals surface area contributed by atoms with E-state index in [0.29, 0.717) is 0 Å². The average molecular weight is 235 g/mol. The molecule has 0 bridgehead atoms. The molecule has 1 N–H and O–H groups in total. The first-order valence-electron chi connectivity index (χ1n) is 6.65. The van der Waals surface area contributed by atoms with Gasteiger partial charge in [-0.05, 0) is 31.4 Å². The fourth-order valence-corrected chi connectivity index (χ4v) is 1.62. The molecule has 0 heterocycles. The largest absolute Gasteiger partial charge is 0.493 e. The molecule has 0 aliphatic carbocycles. The first kappa shape index (κ1) is 14.0. The Bertz CT molecular complexity index is 310. The topological polar surface area (TPSA) is 21.3 Å². The molecule has 0 saturated carbocycles. The second-order valence-electron chi connectivity index (χ2n) is 4.82. The highest BCUT2D eigenvalue weighted by atomic mass is 16.5. The number of hydrogen-bond donors (Lipinski definition) is 1. The van der Waals surface area contributed by atoms with Crippen LogP contribution in [0.15, 0.2) is 24.3 Å². The lowest BCUT2D eigenvalue weighted by Crippen LogP contribution is -2.17. The Kier molecular flexibility index (Phi) is 6.71. The lowest BCUT2D eigenvalue weighted by Gasteiger charge is -2.12. The molecule has 0 fully saturated rings. The quantitative estimate of drug-likeness (QED) is 0.695. The van der Waals surface area contributed by atoms with E-state index in [1.165, 1.54) is 12.0 Å². The third-order valence-electron chi connectivity index (χ3n) is 2.65. The van der Waals surface area contributed by atoms with Crippen molar-refractivity contribution in [3.05, 3.63) is 29.8 Å². The van der Waals surface area contributed by atoms with Crippen molar-refractivity contribution in [3.63, 3.8) is 0 Å². The predicted molar refractivity (Wildman–Crippen MR) is 73.4 cm³/mol. The second kappa shape index (κ2) is 8.13. The van der Waals surface area contributed by atoms with E-state index >= 15 is 0 Å². The minimum atomic E-state index is 0.758. The van der Waals surface area contributed by atoms with Crippen LogP contribution < -0.4 is 10.1 Å². The van der Waals surface area contributed by atoms with Gasteiger partial charge in [-0.15, -0.1) is 0 Å². The Morgan fingerprint density at radius 1 is 1.24 bits per heavy atom. The molecule has 0 spiro atoms. The molecule has 0 amide bonds. The third-order valence-corrected chi connectivity index (χ3v) is 2.65. The van der Waals surface area contributed by atoms with Gasteiger partial charge in [0.05, 0.1) is 6.61 Å². The van der Waals surface area contributed by atoms with Gasteiger partial charge in [0.1, 0.15) is 5.75 Å². The number of nitrogens with one attached hydrogen (secondary N) is 1. The van der Waals surface area contributed by atoms with E-state index in [0.717, 1.165) is 37.8 Å². The van der Waals surface area contributed by atoms with Crippen LogP contribution in [0.5, 0.6) is 5.75 Å². The molecule has 2 nitrogen and oxygen atoms in total. The Hall–Kier alpha value is -1.02. The first-order chi connectivity index (χ1) is 8.24. The minimum Gasteiger partial charge on any atom is -0.493 e. The monoisotopic (exact) mass is 235 g/mol. The molecule has 1 rings (SSSR count). The van der Waals surface area contributed by atoms with Gasteiger partial charge in [0.15, 0.2) is 0 Å². The van der Waals surface area contributed by atoms with E-state index in [4.69, 9.17) is 4.74 Å². The zero-order chi connectivity index (χ0) is 12.5. The smallest absolute Gasteiger partial charge is 0.123 e. The van der Waals surface area contributed by atoms with Crippen LogP contribution in [-0.4, -0.2) is 13.2 Å².